The first-order valence-electron chi connectivity index (χ1n) is 8.41. The van der Waals surface area contributed by atoms with Gasteiger partial charge in [-0.25, -0.2) is 12.8 Å². The van der Waals surface area contributed by atoms with Gasteiger partial charge in [0.2, 0.25) is 0 Å². The van der Waals surface area contributed by atoms with Crippen LogP contribution in [0.1, 0.15) is 26.4 Å². The second kappa shape index (κ2) is 8.03. The lowest BCUT2D eigenvalue weighted by Crippen LogP contribution is -2.14. The van der Waals surface area contributed by atoms with Crippen LogP contribution >= 0.6 is 11.3 Å². The van der Waals surface area contributed by atoms with Gasteiger partial charge in [0.25, 0.3) is 15.9 Å². The molecule has 2 aromatic carbocycles. The maximum absolute atomic E-state index is 13.0. The van der Waals surface area contributed by atoms with Crippen molar-refractivity contribution >= 4 is 38.0 Å². The third kappa shape index (κ3) is 4.45. The minimum atomic E-state index is -3.87. The van der Waals surface area contributed by atoms with Crippen molar-refractivity contribution in [3.63, 3.8) is 0 Å². The third-order valence-electron chi connectivity index (χ3n) is 4.25. The predicted octanol–water partition coefficient (Wildman–Crippen LogP) is 4.43. The molecule has 1 heterocycles. The molecule has 1 amide bonds. The van der Waals surface area contributed by atoms with Gasteiger partial charge in [-0.15, -0.1) is 11.3 Å². The predicted molar refractivity (Wildman–Crippen MR) is 110 cm³/mol. The molecule has 0 fully saturated rings. The van der Waals surface area contributed by atoms with Gasteiger partial charge in [0, 0.05) is 16.1 Å². The van der Waals surface area contributed by atoms with E-state index in [0.29, 0.717) is 16.1 Å². The van der Waals surface area contributed by atoms with E-state index in [4.69, 9.17) is 0 Å². The highest BCUT2D eigenvalue weighted by Crippen LogP contribution is 2.32. The van der Waals surface area contributed by atoms with Crippen LogP contribution in [0.3, 0.4) is 0 Å². The van der Waals surface area contributed by atoms with Crippen molar-refractivity contribution in [1.29, 1.82) is 5.26 Å². The van der Waals surface area contributed by atoms with Crippen molar-refractivity contribution in [1.82, 2.24) is 0 Å². The summed E-state index contributed by atoms with van der Waals surface area (Å²) >= 11 is 1.33. The lowest BCUT2D eigenvalue weighted by molar-refractivity contribution is 0.102. The molecule has 0 aliphatic rings. The highest BCUT2D eigenvalue weighted by atomic mass is 32.2. The highest BCUT2D eigenvalue weighted by Gasteiger charge is 2.17. The molecule has 0 saturated carbocycles. The third-order valence-corrected chi connectivity index (χ3v) is 6.77. The van der Waals surface area contributed by atoms with Gasteiger partial charge in [-0.3, -0.25) is 9.52 Å². The highest BCUT2D eigenvalue weighted by molar-refractivity contribution is 7.92. The van der Waals surface area contributed by atoms with Crippen LogP contribution in [0.25, 0.3) is 0 Å². The van der Waals surface area contributed by atoms with Gasteiger partial charge in [-0.2, -0.15) is 5.26 Å². The molecule has 148 valence electrons. The number of nitrogens with zero attached hydrogens (tertiary/aromatic N) is 1. The van der Waals surface area contributed by atoms with E-state index in [1.54, 1.807) is 0 Å². The van der Waals surface area contributed by atoms with Gasteiger partial charge in [0.1, 0.15) is 16.9 Å². The van der Waals surface area contributed by atoms with Gasteiger partial charge in [0.05, 0.1) is 10.5 Å². The summed E-state index contributed by atoms with van der Waals surface area (Å²) < 4.78 is 40.0. The van der Waals surface area contributed by atoms with Gasteiger partial charge < -0.3 is 5.32 Å². The fourth-order valence-corrected chi connectivity index (χ4v) is 4.61. The van der Waals surface area contributed by atoms with E-state index in [1.807, 2.05) is 13.8 Å². The fourth-order valence-electron chi connectivity index (χ4n) is 2.54. The topological polar surface area (TPSA) is 99.1 Å². The largest absolute Gasteiger partial charge is 0.312 e. The SMILES string of the molecule is Cc1sc(NC(=O)c2ccc(NS(=O)(=O)c3ccc(F)cc3)cc2)c(C#N)c1C. The first-order valence-corrected chi connectivity index (χ1v) is 10.7. The zero-order chi connectivity index (χ0) is 21.2. The molecule has 0 spiro atoms. The van der Waals surface area contributed by atoms with Gasteiger partial charge in [-0.05, 0) is 67.9 Å². The number of carbonyl (C=O) groups excluding carboxylic acids is 1. The standard InChI is InChI=1S/C20H16FN3O3S2/c1-12-13(2)28-20(18(12)11-22)23-19(25)14-3-7-16(8-4-14)24-29(26,27)17-9-5-15(21)6-10-17/h3-10,24H,1-2H3,(H,23,25). The van der Waals surface area contributed by atoms with Crippen LogP contribution in [0, 0.1) is 31.0 Å². The molecule has 0 aliphatic carbocycles. The smallest absolute Gasteiger partial charge is 0.261 e. The van der Waals surface area contributed by atoms with Crippen molar-refractivity contribution in [2.24, 2.45) is 0 Å². The van der Waals surface area contributed by atoms with Crippen molar-refractivity contribution in [3.8, 4) is 6.07 Å². The van der Waals surface area contributed by atoms with Gasteiger partial charge in [0.15, 0.2) is 0 Å². The number of aryl methyl sites for hydroxylation is 1. The van der Waals surface area contributed by atoms with E-state index in [-0.39, 0.29) is 10.6 Å². The van der Waals surface area contributed by atoms with E-state index in [9.17, 15) is 22.9 Å². The summed E-state index contributed by atoms with van der Waals surface area (Å²) in [6.07, 6.45) is 0. The minimum absolute atomic E-state index is 0.0758. The molecule has 0 atom stereocenters. The number of hydrogen-bond donors (Lipinski definition) is 2. The number of rotatable bonds is 5. The number of hydrogen-bond acceptors (Lipinski definition) is 5. The first kappa shape index (κ1) is 20.5. The molecule has 2 N–H and O–H groups in total. The molecule has 0 bridgehead atoms. The Balaban J connectivity index is 1.75. The van der Waals surface area contributed by atoms with Crippen LogP contribution in [-0.4, -0.2) is 14.3 Å². The van der Waals surface area contributed by atoms with Crippen LogP contribution in [0.5, 0.6) is 0 Å². The Kier molecular flexibility index (Phi) is 5.68. The number of nitriles is 1. The summed E-state index contributed by atoms with van der Waals surface area (Å²) in [5.41, 5.74) is 1.83. The van der Waals surface area contributed by atoms with Crippen molar-refractivity contribution < 1.29 is 17.6 Å². The maximum atomic E-state index is 13.0. The van der Waals surface area contributed by atoms with E-state index in [0.717, 1.165) is 34.7 Å². The Morgan fingerprint density at radius 2 is 1.69 bits per heavy atom. The number of anilines is 2. The first-order chi connectivity index (χ1) is 13.7. The molecule has 9 heteroatoms. The molecule has 3 aromatic rings. The molecule has 1 aromatic heterocycles. The average Bonchev–Trinajstić information content (AvgIpc) is 2.95. The second-order valence-corrected chi connectivity index (χ2v) is 9.10. The summed E-state index contributed by atoms with van der Waals surface area (Å²) in [5.74, 6) is -0.939. The molecule has 29 heavy (non-hydrogen) atoms. The Hall–Kier alpha value is -3.22. The molecule has 0 aliphatic heterocycles. The number of nitrogens with one attached hydrogen (secondary N) is 2. The number of amides is 1. The normalized spacial score (nSPS) is 11.0. The van der Waals surface area contributed by atoms with Gasteiger partial charge in [-0.1, -0.05) is 0 Å². The van der Waals surface area contributed by atoms with E-state index in [1.165, 1.54) is 35.6 Å². The Morgan fingerprint density at radius 1 is 1.07 bits per heavy atom. The summed E-state index contributed by atoms with van der Waals surface area (Å²) in [5, 5.41) is 12.5. The van der Waals surface area contributed by atoms with Crippen LogP contribution < -0.4 is 10.0 Å². The van der Waals surface area contributed by atoms with Crippen LogP contribution in [0.4, 0.5) is 15.1 Å². The van der Waals surface area contributed by atoms with Crippen molar-refractivity contribution in [3.05, 3.63) is 75.9 Å². The maximum Gasteiger partial charge on any atom is 0.261 e. The molecule has 6 nitrogen and oxygen atoms in total. The summed E-state index contributed by atoms with van der Waals surface area (Å²) in [6, 6.07) is 12.4. The second-order valence-electron chi connectivity index (χ2n) is 6.19. The van der Waals surface area contributed by atoms with E-state index in [2.05, 4.69) is 16.1 Å². The number of sulfonamides is 1. The van der Waals surface area contributed by atoms with Crippen LogP contribution in [0.2, 0.25) is 0 Å². The number of benzene rings is 2. The molecular weight excluding hydrogens is 413 g/mol. The molecule has 0 radical (unpaired) electrons. The number of carbonyl (C=O) groups is 1. The summed E-state index contributed by atoms with van der Waals surface area (Å²) in [7, 11) is -3.87. The Bertz CT molecular complexity index is 1210. The number of thiophene rings is 1. The van der Waals surface area contributed by atoms with Crippen molar-refractivity contribution in [2.45, 2.75) is 18.7 Å². The van der Waals surface area contributed by atoms with Crippen LogP contribution in [-0.2, 0) is 10.0 Å². The van der Waals surface area contributed by atoms with Crippen molar-refractivity contribution in [2.75, 3.05) is 10.0 Å². The summed E-state index contributed by atoms with van der Waals surface area (Å²) in [4.78, 5) is 13.3. The molecule has 3 rings (SSSR count). The quantitative estimate of drug-likeness (QED) is 0.627. The van der Waals surface area contributed by atoms with Gasteiger partial charge >= 0.3 is 0 Å². The van der Waals surface area contributed by atoms with E-state index >= 15 is 0 Å². The molecular formula is C20H16FN3O3S2. The zero-order valence-corrected chi connectivity index (χ0v) is 17.1. The lowest BCUT2D eigenvalue weighted by Gasteiger charge is -2.09. The Labute approximate surface area is 171 Å². The Morgan fingerprint density at radius 3 is 2.28 bits per heavy atom. The number of halogens is 1. The summed E-state index contributed by atoms with van der Waals surface area (Å²) in [6.45, 7) is 3.70. The van der Waals surface area contributed by atoms with Crippen LogP contribution in [0.15, 0.2) is 53.4 Å². The lowest BCUT2D eigenvalue weighted by atomic mass is 10.1. The molecule has 0 unspecified atom stereocenters. The average molecular weight is 429 g/mol. The van der Waals surface area contributed by atoms with E-state index < -0.39 is 21.7 Å². The zero-order valence-electron chi connectivity index (χ0n) is 15.5. The fraction of sp³-hybridized carbons (Fsp3) is 0.100. The monoisotopic (exact) mass is 429 g/mol. The molecule has 0 saturated heterocycles. The minimum Gasteiger partial charge on any atom is -0.312 e.